The number of aliphatic hydroxyl groups excluding tert-OH is 1. The van der Waals surface area contributed by atoms with Crippen LogP contribution in [-0.2, 0) is 6.61 Å². The fourth-order valence-electron chi connectivity index (χ4n) is 1.61. The lowest BCUT2D eigenvalue weighted by Gasteiger charge is -2.24. The Labute approximate surface area is 94.0 Å². The van der Waals surface area contributed by atoms with E-state index >= 15 is 0 Å². The molecule has 4 heteroatoms. The van der Waals surface area contributed by atoms with Crippen molar-refractivity contribution in [1.82, 2.24) is 4.98 Å². The monoisotopic (exact) mass is 224 g/mol. The van der Waals surface area contributed by atoms with Gasteiger partial charge in [0, 0.05) is 13.1 Å². The molecule has 1 aliphatic rings. The first-order chi connectivity index (χ1) is 7.31. The van der Waals surface area contributed by atoms with Gasteiger partial charge in [-0.2, -0.15) is 0 Å². The zero-order valence-electron chi connectivity index (χ0n) is 8.36. The third-order valence-electron chi connectivity index (χ3n) is 2.44. The maximum Gasteiger partial charge on any atom is 0.129 e. The quantitative estimate of drug-likeness (QED) is 0.781. The van der Waals surface area contributed by atoms with Crippen molar-refractivity contribution in [3.05, 3.63) is 35.0 Å². The first-order valence-corrected chi connectivity index (χ1v) is 5.35. The van der Waals surface area contributed by atoms with Crippen LogP contribution >= 0.6 is 11.6 Å². The van der Waals surface area contributed by atoms with E-state index in [2.05, 4.69) is 22.0 Å². The van der Waals surface area contributed by atoms with Crippen molar-refractivity contribution >= 4 is 17.4 Å². The predicted octanol–water partition coefficient (Wildman–Crippen LogP) is 1.99. The summed E-state index contributed by atoms with van der Waals surface area (Å²) >= 11 is 5.88. The number of hydrogen-bond donors (Lipinski definition) is 1. The molecule has 3 nitrogen and oxygen atoms in total. The molecule has 2 rings (SSSR count). The van der Waals surface area contributed by atoms with Gasteiger partial charge in [0.1, 0.15) is 5.82 Å². The Kier molecular flexibility index (Phi) is 3.23. The maximum atomic E-state index is 9.06. The largest absolute Gasteiger partial charge is 0.390 e. The minimum Gasteiger partial charge on any atom is -0.390 e. The van der Waals surface area contributed by atoms with Gasteiger partial charge < -0.3 is 10.0 Å². The normalized spacial score (nSPS) is 15.7. The number of rotatable bonds is 2. The summed E-state index contributed by atoms with van der Waals surface area (Å²) in [7, 11) is 0. The summed E-state index contributed by atoms with van der Waals surface area (Å²) in [5.41, 5.74) is 0.545. The van der Waals surface area contributed by atoms with Gasteiger partial charge in [0.25, 0.3) is 0 Å². The molecular weight excluding hydrogens is 212 g/mol. The second-order valence-electron chi connectivity index (χ2n) is 3.46. The number of nitrogens with zero attached hydrogens (tertiary/aromatic N) is 2. The van der Waals surface area contributed by atoms with Crippen LogP contribution in [0.4, 0.5) is 5.82 Å². The van der Waals surface area contributed by atoms with E-state index < -0.39 is 0 Å². The summed E-state index contributed by atoms with van der Waals surface area (Å²) in [4.78, 5) is 6.49. The SMILES string of the molecule is OCc1nc(N2CC=CCC2)ccc1Cl. The van der Waals surface area contributed by atoms with Crippen LogP contribution in [0.1, 0.15) is 12.1 Å². The molecular formula is C11H13ClN2O. The van der Waals surface area contributed by atoms with Crippen molar-refractivity contribution < 1.29 is 5.11 Å². The molecule has 0 saturated heterocycles. The highest BCUT2D eigenvalue weighted by Crippen LogP contribution is 2.20. The van der Waals surface area contributed by atoms with E-state index in [0.717, 1.165) is 25.3 Å². The number of halogens is 1. The molecule has 0 aromatic carbocycles. The standard InChI is InChI=1S/C11H13ClN2O/c12-9-4-5-11(13-10(9)8-15)14-6-2-1-3-7-14/h1-2,4-5,15H,3,6-8H2. The van der Waals surface area contributed by atoms with Crippen molar-refractivity contribution in [2.24, 2.45) is 0 Å². The molecule has 0 fully saturated rings. The van der Waals surface area contributed by atoms with Crippen LogP contribution in [0.25, 0.3) is 0 Å². The van der Waals surface area contributed by atoms with Crippen molar-refractivity contribution in [2.45, 2.75) is 13.0 Å². The van der Waals surface area contributed by atoms with Gasteiger partial charge in [-0.25, -0.2) is 4.98 Å². The molecule has 0 unspecified atom stereocenters. The van der Waals surface area contributed by atoms with Gasteiger partial charge in [-0.1, -0.05) is 23.8 Å². The third kappa shape index (κ3) is 2.30. The highest BCUT2D eigenvalue weighted by atomic mass is 35.5. The van der Waals surface area contributed by atoms with E-state index in [0.29, 0.717) is 10.7 Å². The number of anilines is 1. The molecule has 2 heterocycles. The van der Waals surface area contributed by atoms with E-state index in [1.165, 1.54) is 0 Å². The number of aromatic nitrogens is 1. The molecule has 1 N–H and O–H groups in total. The summed E-state index contributed by atoms with van der Waals surface area (Å²) in [6, 6.07) is 3.68. The molecule has 1 aliphatic heterocycles. The fraction of sp³-hybridized carbons (Fsp3) is 0.364. The van der Waals surface area contributed by atoms with E-state index in [4.69, 9.17) is 16.7 Å². The smallest absolute Gasteiger partial charge is 0.129 e. The van der Waals surface area contributed by atoms with Gasteiger partial charge in [-0.15, -0.1) is 0 Å². The van der Waals surface area contributed by atoms with Gasteiger partial charge in [-0.05, 0) is 18.6 Å². The van der Waals surface area contributed by atoms with Crippen LogP contribution in [0.15, 0.2) is 24.3 Å². The van der Waals surface area contributed by atoms with Gasteiger partial charge in [-0.3, -0.25) is 0 Å². The van der Waals surface area contributed by atoms with Crippen LogP contribution in [0, 0.1) is 0 Å². The lowest BCUT2D eigenvalue weighted by atomic mass is 10.2. The first kappa shape index (κ1) is 10.5. The van der Waals surface area contributed by atoms with Crippen LogP contribution in [0.2, 0.25) is 5.02 Å². The first-order valence-electron chi connectivity index (χ1n) is 4.97. The number of aliphatic hydroxyl groups is 1. The minimum atomic E-state index is -0.115. The Morgan fingerprint density at radius 2 is 2.27 bits per heavy atom. The highest BCUT2D eigenvalue weighted by molar-refractivity contribution is 6.31. The van der Waals surface area contributed by atoms with Gasteiger partial charge >= 0.3 is 0 Å². The summed E-state index contributed by atoms with van der Waals surface area (Å²) in [5.74, 6) is 0.882. The molecule has 0 saturated carbocycles. The van der Waals surface area contributed by atoms with Crippen LogP contribution in [-0.4, -0.2) is 23.2 Å². The molecule has 0 spiro atoms. The maximum absolute atomic E-state index is 9.06. The topological polar surface area (TPSA) is 36.4 Å². The average Bonchev–Trinajstić information content (AvgIpc) is 2.31. The zero-order chi connectivity index (χ0) is 10.7. The van der Waals surface area contributed by atoms with Crippen LogP contribution in [0.3, 0.4) is 0 Å². The lowest BCUT2D eigenvalue weighted by Crippen LogP contribution is -2.27. The molecule has 0 bridgehead atoms. The van der Waals surface area contributed by atoms with Gasteiger partial charge in [0.05, 0.1) is 17.3 Å². The van der Waals surface area contributed by atoms with Crippen molar-refractivity contribution in [3.8, 4) is 0 Å². The van der Waals surface area contributed by atoms with Crippen molar-refractivity contribution in [1.29, 1.82) is 0 Å². The fourth-order valence-corrected chi connectivity index (χ4v) is 1.77. The zero-order valence-corrected chi connectivity index (χ0v) is 9.11. The molecule has 1 aromatic heterocycles. The van der Waals surface area contributed by atoms with E-state index in [9.17, 15) is 0 Å². The molecule has 0 atom stereocenters. The van der Waals surface area contributed by atoms with Gasteiger partial charge in [0.15, 0.2) is 0 Å². The Balaban J connectivity index is 2.24. The Morgan fingerprint density at radius 1 is 1.40 bits per heavy atom. The Bertz CT molecular complexity index is 379. The summed E-state index contributed by atoms with van der Waals surface area (Å²) < 4.78 is 0. The van der Waals surface area contributed by atoms with Gasteiger partial charge in [0.2, 0.25) is 0 Å². The Hall–Kier alpha value is -1.06. The summed E-state index contributed by atoms with van der Waals surface area (Å²) in [6.07, 6.45) is 5.33. The lowest BCUT2D eigenvalue weighted by molar-refractivity contribution is 0.277. The molecule has 0 radical (unpaired) electrons. The average molecular weight is 225 g/mol. The Morgan fingerprint density at radius 3 is 2.93 bits per heavy atom. The predicted molar refractivity (Wildman–Crippen MR) is 61.1 cm³/mol. The molecule has 1 aromatic rings. The summed E-state index contributed by atoms with van der Waals surface area (Å²) in [6.45, 7) is 1.73. The number of pyridine rings is 1. The summed E-state index contributed by atoms with van der Waals surface area (Å²) in [5, 5.41) is 9.58. The number of hydrogen-bond acceptors (Lipinski definition) is 3. The van der Waals surface area contributed by atoms with E-state index in [1.807, 2.05) is 6.07 Å². The highest BCUT2D eigenvalue weighted by Gasteiger charge is 2.10. The molecule has 15 heavy (non-hydrogen) atoms. The second kappa shape index (κ2) is 4.64. The second-order valence-corrected chi connectivity index (χ2v) is 3.87. The van der Waals surface area contributed by atoms with Crippen LogP contribution in [0.5, 0.6) is 0 Å². The van der Waals surface area contributed by atoms with Crippen molar-refractivity contribution in [2.75, 3.05) is 18.0 Å². The van der Waals surface area contributed by atoms with E-state index in [1.54, 1.807) is 6.07 Å². The van der Waals surface area contributed by atoms with Crippen molar-refractivity contribution in [3.63, 3.8) is 0 Å². The van der Waals surface area contributed by atoms with E-state index in [-0.39, 0.29) is 6.61 Å². The molecule has 0 aliphatic carbocycles. The molecule has 80 valence electrons. The minimum absolute atomic E-state index is 0.115. The third-order valence-corrected chi connectivity index (χ3v) is 2.78. The molecule has 0 amide bonds. The van der Waals surface area contributed by atoms with Crippen LogP contribution < -0.4 is 4.90 Å².